The van der Waals surface area contributed by atoms with Crippen molar-refractivity contribution in [2.24, 2.45) is 28.7 Å². The minimum atomic E-state index is -1.41. The van der Waals surface area contributed by atoms with E-state index in [0.29, 0.717) is 98.7 Å². The molecule has 6 rings (SSSR count). The summed E-state index contributed by atoms with van der Waals surface area (Å²) in [6.07, 6.45) is 3.94. The lowest BCUT2D eigenvalue weighted by molar-refractivity contribution is -0.142. The molecule has 25 nitrogen and oxygen atoms in total. The lowest BCUT2D eigenvalue weighted by Crippen LogP contribution is -2.61. The lowest BCUT2D eigenvalue weighted by Gasteiger charge is -2.29. The predicted molar refractivity (Wildman–Crippen MR) is 395 cm³/mol. The largest absolute Gasteiger partial charge is 0.480 e. The molecule has 0 saturated carbocycles. The van der Waals surface area contributed by atoms with Crippen molar-refractivity contribution in [2.45, 2.75) is 176 Å². The van der Waals surface area contributed by atoms with Crippen LogP contribution < -0.4 is 76.5 Å². The summed E-state index contributed by atoms with van der Waals surface area (Å²) in [4.78, 5) is 145. The van der Waals surface area contributed by atoms with E-state index in [-0.39, 0.29) is 70.9 Å². The second kappa shape index (κ2) is 45.6. The van der Waals surface area contributed by atoms with E-state index in [9.17, 15) is 38.7 Å². The van der Waals surface area contributed by atoms with E-state index in [4.69, 9.17) is 28.7 Å². The minimum Gasteiger partial charge on any atom is -0.480 e. The summed E-state index contributed by atoms with van der Waals surface area (Å²) >= 11 is 0. The van der Waals surface area contributed by atoms with E-state index in [1.165, 1.54) is 0 Å². The van der Waals surface area contributed by atoms with Gasteiger partial charge in [-0.05, 0) is 130 Å². The van der Waals surface area contributed by atoms with Crippen LogP contribution in [0.3, 0.4) is 0 Å². The third-order valence-electron chi connectivity index (χ3n) is 17.5. The van der Waals surface area contributed by atoms with Crippen molar-refractivity contribution in [3.63, 3.8) is 0 Å². The number of carbonyl (C=O) groups is 10. The molecule has 6 aromatic rings. The van der Waals surface area contributed by atoms with E-state index in [1.54, 1.807) is 176 Å². The van der Waals surface area contributed by atoms with E-state index in [2.05, 4.69) is 47.9 Å². The number of aliphatic carboxylic acids is 1. The highest BCUT2D eigenvalue weighted by atomic mass is 16.4. The Balaban J connectivity index is 1.29. The van der Waals surface area contributed by atoms with Crippen LogP contribution in [0.1, 0.15) is 110 Å². The quantitative estimate of drug-likeness (QED) is 0.0244. The van der Waals surface area contributed by atoms with Gasteiger partial charge in [0, 0.05) is 38.5 Å². The van der Waals surface area contributed by atoms with Gasteiger partial charge in [-0.2, -0.15) is 0 Å². The maximum absolute atomic E-state index is 15.2. The number of unbranched alkanes of at least 4 members (excludes halogenated alkanes) is 4. The monoisotopic (exact) mass is 1410 g/mol. The summed E-state index contributed by atoms with van der Waals surface area (Å²) < 4.78 is 0. The molecule has 6 aromatic carbocycles. The van der Waals surface area contributed by atoms with Gasteiger partial charge in [0.2, 0.25) is 53.2 Å². The number of hydrogen-bond donors (Lipinski definition) is 15. The van der Waals surface area contributed by atoms with Crippen molar-refractivity contribution in [3.05, 3.63) is 215 Å². The summed E-state index contributed by atoms with van der Waals surface area (Å²) in [6.45, 7) is 1.25. The van der Waals surface area contributed by atoms with Crippen LogP contribution in [0.5, 0.6) is 0 Å². The molecule has 0 aliphatic heterocycles. The van der Waals surface area contributed by atoms with Gasteiger partial charge in [-0.25, -0.2) is 4.79 Å². The fraction of sp³-hybridized carbons (Fsp3) is 0.410. The van der Waals surface area contributed by atoms with E-state index < -0.39 is 120 Å². The maximum atomic E-state index is 15.2. The Labute approximate surface area is 603 Å². The summed E-state index contributed by atoms with van der Waals surface area (Å²) in [7, 11) is 0. The van der Waals surface area contributed by atoms with Gasteiger partial charge in [0.25, 0.3) is 0 Å². The van der Waals surface area contributed by atoms with Crippen molar-refractivity contribution < 1.29 is 53.1 Å². The number of carbonyl (C=O) groups excluding carboxylic acids is 9. The average molecular weight is 1410 g/mol. The Hall–Kier alpha value is -10.2. The Bertz CT molecular complexity index is 3570. The molecule has 0 radical (unpaired) electrons. The molecule has 0 saturated heterocycles. The van der Waals surface area contributed by atoms with Gasteiger partial charge in [0.05, 0.1) is 6.04 Å². The number of rotatable bonds is 47. The van der Waals surface area contributed by atoms with Crippen LogP contribution in [0.25, 0.3) is 0 Å². The normalized spacial score (nSPS) is 14.0. The number of carboxylic acid groups (broad SMARTS) is 1. The lowest BCUT2D eigenvalue weighted by atomic mass is 10.00. The molecule has 552 valence electrons. The van der Waals surface area contributed by atoms with Crippen LogP contribution in [0, 0.1) is 0 Å². The molecule has 0 aliphatic rings. The van der Waals surface area contributed by atoms with Crippen molar-refractivity contribution in [1.82, 2.24) is 47.9 Å². The highest BCUT2D eigenvalue weighted by molar-refractivity contribution is 5.99. The molecular weight excluding hydrogens is 1310 g/mol. The number of nitrogens with two attached hydrogens (primary N) is 5. The van der Waals surface area contributed by atoms with Crippen LogP contribution in [0.4, 0.5) is 0 Å². The number of carboxylic acids is 1. The summed E-state index contributed by atoms with van der Waals surface area (Å²) in [5, 5.41) is 35.5. The van der Waals surface area contributed by atoms with Crippen molar-refractivity contribution in [1.29, 1.82) is 0 Å². The van der Waals surface area contributed by atoms with Gasteiger partial charge in [0.15, 0.2) is 0 Å². The molecule has 103 heavy (non-hydrogen) atoms. The van der Waals surface area contributed by atoms with E-state index in [0.717, 1.165) is 5.56 Å². The number of hydrogen-bond acceptors (Lipinski definition) is 15. The first kappa shape index (κ1) is 81.8. The molecule has 0 heterocycles. The van der Waals surface area contributed by atoms with E-state index in [1.807, 2.05) is 6.07 Å². The van der Waals surface area contributed by atoms with Crippen molar-refractivity contribution >= 4 is 59.1 Å². The predicted octanol–water partition coefficient (Wildman–Crippen LogP) is 2.73. The van der Waals surface area contributed by atoms with Gasteiger partial charge in [0.1, 0.15) is 54.4 Å². The zero-order chi connectivity index (χ0) is 74.1. The van der Waals surface area contributed by atoms with Gasteiger partial charge >= 0.3 is 5.97 Å². The molecule has 0 bridgehead atoms. The van der Waals surface area contributed by atoms with Crippen LogP contribution >= 0.6 is 0 Å². The molecule has 9 amide bonds. The van der Waals surface area contributed by atoms with Crippen LogP contribution in [0.2, 0.25) is 0 Å². The Morgan fingerprint density at radius 2 is 0.417 bits per heavy atom. The zero-order valence-electron chi connectivity index (χ0n) is 58.6. The fourth-order valence-electron chi connectivity index (χ4n) is 11.7. The smallest absolute Gasteiger partial charge is 0.326 e. The highest BCUT2D eigenvalue weighted by Gasteiger charge is 2.37. The first-order valence-corrected chi connectivity index (χ1v) is 35.6. The van der Waals surface area contributed by atoms with Gasteiger partial charge < -0.3 is 81.6 Å². The molecule has 0 spiro atoms. The SMILES string of the molecule is NCCCC[C@H](NC(=O)[C@H](Cc1ccccc1)NC(=O)[C@H](Cc1ccccc1)NC(=O)[C@H](CCCCN)NC(=O)[C@H](Cc1ccccc1)NC(=O)[C@H](Cc1ccccc1)NC(=O)[C@H](CCCCN)NC(=O)[C@H](Cc1ccccc1)NC(=O)[C@H](Cc1ccccc1)NC(=O)[C@@H](N)CCCCN)C(=O)O. The zero-order valence-corrected chi connectivity index (χ0v) is 58.6. The first-order chi connectivity index (χ1) is 49.9. The number of nitrogens with one attached hydrogen (secondary N) is 9. The second-order valence-electron chi connectivity index (χ2n) is 25.8. The van der Waals surface area contributed by atoms with Crippen molar-refractivity contribution in [2.75, 3.05) is 26.2 Å². The van der Waals surface area contributed by atoms with Crippen LogP contribution in [-0.4, -0.2) is 151 Å². The molecule has 0 aromatic heterocycles. The Morgan fingerprint density at radius 3 is 0.631 bits per heavy atom. The third kappa shape index (κ3) is 29.7. The second-order valence-corrected chi connectivity index (χ2v) is 25.8. The number of amides is 9. The van der Waals surface area contributed by atoms with Gasteiger partial charge in [-0.3, -0.25) is 43.2 Å². The topological polar surface area (TPSA) is 429 Å². The molecule has 0 fully saturated rings. The van der Waals surface area contributed by atoms with Crippen molar-refractivity contribution in [3.8, 4) is 0 Å². The summed E-state index contributed by atoms with van der Waals surface area (Å²) in [5.41, 5.74) is 33.5. The average Bonchev–Trinajstić information content (AvgIpc) is 0.853. The Morgan fingerprint density at radius 1 is 0.243 bits per heavy atom. The fourth-order valence-corrected chi connectivity index (χ4v) is 11.7. The Kier molecular flexibility index (Phi) is 36.2. The van der Waals surface area contributed by atoms with Crippen LogP contribution in [-0.2, 0) is 86.5 Å². The molecular formula is C78H104N14O11. The number of benzene rings is 6. The van der Waals surface area contributed by atoms with Crippen LogP contribution in [0.15, 0.2) is 182 Å². The highest BCUT2D eigenvalue weighted by Crippen LogP contribution is 2.16. The van der Waals surface area contributed by atoms with E-state index >= 15 is 14.4 Å². The standard InChI is InChI=1S/C78H104N14O11/c79-43-23-19-39-59(83)69(93)87-63(47-53-27-7-1-8-28-53)75(99)90-64(48-54-29-9-2-10-30-54)72(96)84-60(40-20-24-44-80)70(94)88-67(51-57-35-15-5-16-36-57)76(100)91-65(49-55-31-11-3-12-32-55)73(97)85-61(41-21-25-45-81)71(95)89-68(52-58-37-17-6-18-38-58)77(101)92-66(50-56-33-13-4-14-34-56)74(98)86-62(78(102)103)42-22-26-46-82/h1-18,27-38,59-68H,19-26,39-52,79-83H2,(H,84,96)(H,85,97)(H,86,98)(H,87,93)(H,88,94)(H,89,95)(H,90,99)(H,91,100)(H,92,101)(H,102,103)/t59-,60-,61-,62-,63-,64-,65-,66-,67-,68-/m0/s1. The molecule has 10 atom stereocenters. The summed E-state index contributed by atoms with van der Waals surface area (Å²) in [6, 6.07) is 40.3. The van der Waals surface area contributed by atoms with Gasteiger partial charge in [-0.1, -0.05) is 188 Å². The maximum Gasteiger partial charge on any atom is 0.326 e. The molecule has 0 unspecified atom stereocenters. The summed E-state index contributed by atoms with van der Waals surface area (Å²) in [5.74, 6) is -7.96. The minimum absolute atomic E-state index is 0.0234. The molecule has 25 heteroatoms. The first-order valence-electron chi connectivity index (χ1n) is 35.6. The molecule has 20 N–H and O–H groups in total. The van der Waals surface area contributed by atoms with Gasteiger partial charge in [-0.15, -0.1) is 0 Å². The molecule has 0 aliphatic carbocycles. The third-order valence-corrected chi connectivity index (χ3v) is 17.5.